The van der Waals surface area contributed by atoms with Gasteiger partial charge >= 0.3 is 39.5 Å². The Morgan fingerprint density at radius 1 is 0.322 bits per heavy atom. The van der Waals surface area contributed by atoms with Gasteiger partial charge in [-0.15, -0.1) is 0 Å². The summed E-state index contributed by atoms with van der Waals surface area (Å²) in [6.45, 7) is 11.8. The second-order valence-corrected chi connectivity index (χ2v) is 29.7. The Morgan fingerprint density at radius 2 is 0.567 bits per heavy atom. The summed E-state index contributed by atoms with van der Waals surface area (Å²) in [5.74, 6) is 0.0928. The van der Waals surface area contributed by atoms with Crippen LogP contribution in [0.5, 0.6) is 0 Å². The highest BCUT2D eigenvalue weighted by molar-refractivity contribution is 7.47. The molecule has 0 aliphatic rings. The Kier molecular flexibility index (Phi) is 60.6. The normalized spacial score (nSPS) is 14.5. The Labute approximate surface area is 549 Å². The summed E-state index contributed by atoms with van der Waals surface area (Å²) in [5, 5.41) is 10.6. The molecule has 0 rings (SSSR count). The SMILES string of the molecule is CCCCCCCCCCCCCCCC(=O)OC[C@H](COP(=O)(O)OC[C@@H](O)COP(=O)(O)OC[C@@H](COC(=O)CCCCCCCCC(C)C)OC(=O)CCCCCCCCCC(C)C)OC(=O)CCCCCCCCCCCCCCCCC(C)CC. The number of aliphatic hydroxyl groups excluding tert-OH is 1. The number of rotatable bonds is 69. The van der Waals surface area contributed by atoms with Crippen molar-refractivity contribution in [1.29, 1.82) is 0 Å². The molecule has 0 aromatic rings. The zero-order valence-corrected chi connectivity index (χ0v) is 60.4. The van der Waals surface area contributed by atoms with Crippen LogP contribution in [0.15, 0.2) is 0 Å². The van der Waals surface area contributed by atoms with Gasteiger partial charge in [-0.3, -0.25) is 37.3 Å². The summed E-state index contributed by atoms with van der Waals surface area (Å²) in [5.41, 5.74) is 0. The quantitative estimate of drug-likeness (QED) is 0.0222. The average Bonchev–Trinajstić information content (AvgIpc) is 3.55. The van der Waals surface area contributed by atoms with Crippen LogP contribution in [0.1, 0.15) is 357 Å². The molecule has 3 N–H and O–H groups in total. The average molecular weight is 1330 g/mol. The summed E-state index contributed by atoms with van der Waals surface area (Å²) in [6, 6.07) is 0. The molecule has 0 spiro atoms. The summed E-state index contributed by atoms with van der Waals surface area (Å²) >= 11 is 0. The van der Waals surface area contributed by atoms with Gasteiger partial charge < -0.3 is 33.8 Å². The molecule has 0 fully saturated rings. The number of hydrogen-bond donors (Lipinski definition) is 3. The Morgan fingerprint density at radius 3 is 0.844 bits per heavy atom. The van der Waals surface area contributed by atoms with E-state index in [1.807, 2.05) is 0 Å². The van der Waals surface area contributed by atoms with Crippen LogP contribution in [-0.2, 0) is 65.4 Å². The molecule has 0 aromatic carbocycles. The molecule has 0 heterocycles. The molecule has 19 heteroatoms. The Balaban J connectivity index is 5.22. The topological polar surface area (TPSA) is 237 Å². The van der Waals surface area contributed by atoms with Crippen LogP contribution in [0.4, 0.5) is 0 Å². The van der Waals surface area contributed by atoms with E-state index in [2.05, 4.69) is 48.5 Å². The zero-order chi connectivity index (χ0) is 66.6. The van der Waals surface area contributed by atoms with Crippen molar-refractivity contribution in [2.45, 2.75) is 375 Å². The predicted molar refractivity (Wildman–Crippen MR) is 363 cm³/mol. The number of unbranched alkanes of at least 4 members (excludes halogenated alkanes) is 36. The van der Waals surface area contributed by atoms with Crippen LogP contribution in [-0.4, -0.2) is 96.7 Å². The third-order valence-corrected chi connectivity index (χ3v) is 18.6. The first-order valence-electron chi connectivity index (χ1n) is 36.9. The van der Waals surface area contributed by atoms with E-state index < -0.39 is 97.5 Å². The molecule has 0 saturated carbocycles. The van der Waals surface area contributed by atoms with E-state index in [1.165, 1.54) is 161 Å². The fraction of sp³-hybridized carbons (Fsp3) is 0.944. The molecular weight excluding hydrogens is 1190 g/mol. The first kappa shape index (κ1) is 88.1. The van der Waals surface area contributed by atoms with Crippen LogP contribution in [0.2, 0.25) is 0 Å². The van der Waals surface area contributed by atoms with Crippen LogP contribution in [0, 0.1) is 17.8 Å². The van der Waals surface area contributed by atoms with Gasteiger partial charge in [-0.2, -0.15) is 0 Å². The first-order chi connectivity index (χ1) is 43.3. The van der Waals surface area contributed by atoms with Gasteiger partial charge in [-0.05, 0) is 43.4 Å². The molecule has 0 radical (unpaired) electrons. The molecule has 90 heavy (non-hydrogen) atoms. The molecule has 0 aromatic heterocycles. The molecule has 0 bridgehead atoms. The van der Waals surface area contributed by atoms with Crippen molar-refractivity contribution in [3.63, 3.8) is 0 Å². The lowest BCUT2D eigenvalue weighted by atomic mass is 9.99. The highest BCUT2D eigenvalue weighted by Crippen LogP contribution is 2.45. The van der Waals surface area contributed by atoms with E-state index in [-0.39, 0.29) is 25.7 Å². The van der Waals surface area contributed by atoms with Crippen LogP contribution >= 0.6 is 15.6 Å². The zero-order valence-electron chi connectivity index (χ0n) is 58.6. The van der Waals surface area contributed by atoms with Crippen LogP contribution in [0.3, 0.4) is 0 Å². The van der Waals surface area contributed by atoms with Crippen molar-refractivity contribution < 1.29 is 80.2 Å². The maximum absolute atomic E-state index is 13.0. The number of hydrogen-bond acceptors (Lipinski definition) is 15. The van der Waals surface area contributed by atoms with E-state index in [4.69, 9.17) is 37.0 Å². The van der Waals surface area contributed by atoms with Crippen LogP contribution in [0.25, 0.3) is 0 Å². The molecule has 0 saturated heterocycles. The largest absolute Gasteiger partial charge is 0.472 e. The maximum Gasteiger partial charge on any atom is 0.472 e. The minimum Gasteiger partial charge on any atom is -0.462 e. The fourth-order valence-corrected chi connectivity index (χ4v) is 12.3. The highest BCUT2D eigenvalue weighted by Gasteiger charge is 2.30. The van der Waals surface area contributed by atoms with Crippen molar-refractivity contribution in [1.82, 2.24) is 0 Å². The summed E-state index contributed by atoms with van der Waals surface area (Å²) < 4.78 is 68.3. The van der Waals surface area contributed by atoms with Crippen molar-refractivity contribution in [3.8, 4) is 0 Å². The molecule has 0 aliphatic carbocycles. The molecule has 0 aliphatic heterocycles. The van der Waals surface area contributed by atoms with Gasteiger partial charge in [0.05, 0.1) is 26.4 Å². The minimum absolute atomic E-state index is 0.102. The maximum atomic E-state index is 13.0. The third-order valence-electron chi connectivity index (χ3n) is 16.7. The molecule has 0 amide bonds. The molecular formula is C71H138O17P2. The summed E-state index contributed by atoms with van der Waals surface area (Å²) in [7, 11) is -9.90. The minimum atomic E-state index is -4.95. The Bertz CT molecular complexity index is 1770. The standard InChI is InChI=1S/C71H138O17P2/c1-8-10-11-12-13-14-15-18-22-25-30-38-45-52-68(73)81-58-66(87-70(75)54-47-40-31-26-23-20-17-16-19-21-24-29-37-44-51-64(7)9-2)60-85-89(77,78)83-56-65(72)57-84-90(79,80)86-61-67(59-82-69(74)53-46-39-34-33-36-43-50-63(5)6)88-71(76)55-48-41-32-27-28-35-42-49-62(3)4/h62-67,72H,8-61H2,1-7H3,(H,77,78)(H,79,80)/t64?,65-,66-,67-/m1/s1. The van der Waals surface area contributed by atoms with Crippen molar-refractivity contribution in [3.05, 3.63) is 0 Å². The number of phosphoric ester groups is 2. The molecule has 17 nitrogen and oxygen atoms in total. The van der Waals surface area contributed by atoms with Gasteiger partial charge in [-0.25, -0.2) is 9.13 Å². The van der Waals surface area contributed by atoms with Crippen molar-refractivity contribution >= 4 is 39.5 Å². The lowest BCUT2D eigenvalue weighted by Gasteiger charge is -2.21. The van der Waals surface area contributed by atoms with Crippen molar-refractivity contribution in [2.24, 2.45) is 17.8 Å². The lowest BCUT2D eigenvalue weighted by molar-refractivity contribution is -0.161. The number of carbonyl (C=O) groups is 4. The lowest BCUT2D eigenvalue weighted by Crippen LogP contribution is -2.30. The van der Waals surface area contributed by atoms with E-state index in [0.29, 0.717) is 37.5 Å². The second kappa shape index (κ2) is 61.9. The number of esters is 4. The monoisotopic (exact) mass is 1320 g/mol. The molecule has 534 valence electrons. The number of phosphoric acid groups is 2. The first-order valence-corrected chi connectivity index (χ1v) is 39.9. The van der Waals surface area contributed by atoms with Crippen molar-refractivity contribution in [2.75, 3.05) is 39.6 Å². The second-order valence-electron chi connectivity index (χ2n) is 26.8. The predicted octanol–water partition coefficient (Wildman–Crippen LogP) is 20.2. The number of carbonyl (C=O) groups excluding carboxylic acids is 4. The van der Waals surface area contributed by atoms with Gasteiger partial charge in [-0.1, -0.05) is 305 Å². The third kappa shape index (κ3) is 63.5. The smallest absolute Gasteiger partial charge is 0.462 e. The molecule has 6 atom stereocenters. The van der Waals surface area contributed by atoms with E-state index in [1.54, 1.807) is 0 Å². The van der Waals surface area contributed by atoms with E-state index in [0.717, 1.165) is 102 Å². The summed E-state index contributed by atoms with van der Waals surface area (Å²) in [4.78, 5) is 72.5. The summed E-state index contributed by atoms with van der Waals surface area (Å²) in [6.07, 6.45) is 46.0. The van der Waals surface area contributed by atoms with Gasteiger partial charge in [0.2, 0.25) is 0 Å². The van der Waals surface area contributed by atoms with Gasteiger partial charge in [0.1, 0.15) is 19.3 Å². The number of aliphatic hydroxyl groups is 1. The van der Waals surface area contributed by atoms with E-state index >= 15 is 0 Å². The fourth-order valence-electron chi connectivity index (χ4n) is 10.7. The van der Waals surface area contributed by atoms with Crippen LogP contribution < -0.4 is 0 Å². The van der Waals surface area contributed by atoms with Gasteiger partial charge in [0.25, 0.3) is 0 Å². The highest BCUT2D eigenvalue weighted by atomic mass is 31.2. The number of ether oxygens (including phenoxy) is 4. The Hall–Kier alpha value is -1.94. The van der Waals surface area contributed by atoms with Gasteiger partial charge in [0, 0.05) is 25.7 Å². The van der Waals surface area contributed by atoms with Gasteiger partial charge in [0.15, 0.2) is 12.2 Å². The molecule has 3 unspecified atom stereocenters. The van der Waals surface area contributed by atoms with E-state index in [9.17, 15) is 43.2 Å².